The van der Waals surface area contributed by atoms with Crippen LogP contribution in [0.5, 0.6) is 0 Å². The molecule has 0 fully saturated rings. The van der Waals surface area contributed by atoms with E-state index in [0.717, 1.165) is 40.6 Å². The van der Waals surface area contributed by atoms with Crippen LogP contribution in [0.2, 0.25) is 0 Å². The first-order valence-electron chi connectivity index (χ1n) is 8.86. The zero-order valence-electron chi connectivity index (χ0n) is 14.7. The number of benzene rings is 3. The van der Waals surface area contributed by atoms with Crippen molar-refractivity contribution in [1.29, 1.82) is 0 Å². The van der Waals surface area contributed by atoms with Gasteiger partial charge in [0.2, 0.25) is 0 Å². The molecular weight excluding hydrogens is 344 g/mol. The molecule has 0 bridgehead atoms. The largest absolute Gasteiger partial charge is 0.348 e. The summed E-state index contributed by atoms with van der Waals surface area (Å²) in [6.45, 7) is 1.42. The molecule has 3 nitrogen and oxygen atoms in total. The highest BCUT2D eigenvalue weighted by Crippen LogP contribution is 2.33. The zero-order valence-corrected chi connectivity index (χ0v) is 14.7. The molecule has 4 rings (SSSR count). The van der Waals surface area contributed by atoms with Crippen LogP contribution < -0.4 is 5.32 Å². The van der Waals surface area contributed by atoms with Gasteiger partial charge in [-0.3, -0.25) is 0 Å². The van der Waals surface area contributed by atoms with E-state index in [1.807, 2.05) is 36.5 Å². The fourth-order valence-electron chi connectivity index (χ4n) is 3.32. The predicted molar refractivity (Wildman–Crippen MR) is 103 cm³/mol. The molecule has 136 valence electrons. The maximum Gasteiger partial charge on any atom is 0.159 e. The first-order chi connectivity index (χ1) is 13.2. The monoisotopic (exact) mass is 363 g/mol. The van der Waals surface area contributed by atoms with Gasteiger partial charge in [0.25, 0.3) is 0 Å². The molecule has 0 unspecified atom stereocenters. The van der Waals surface area contributed by atoms with Gasteiger partial charge in [0, 0.05) is 31.4 Å². The summed E-state index contributed by atoms with van der Waals surface area (Å²) in [5.74, 6) is -1.67. The zero-order chi connectivity index (χ0) is 18.6. The summed E-state index contributed by atoms with van der Waals surface area (Å²) in [5.41, 5.74) is 3.73. The van der Waals surface area contributed by atoms with Crippen molar-refractivity contribution in [2.75, 3.05) is 6.54 Å². The molecule has 5 heteroatoms. The number of fused-ring (bicyclic) bond motifs is 1. The van der Waals surface area contributed by atoms with Crippen LogP contribution in [0.15, 0.2) is 67.1 Å². The van der Waals surface area contributed by atoms with E-state index in [9.17, 15) is 8.78 Å². The van der Waals surface area contributed by atoms with Crippen molar-refractivity contribution in [1.82, 2.24) is 15.3 Å². The van der Waals surface area contributed by atoms with Crippen LogP contribution in [0.1, 0.15) is 11.3 Å². The number of halogens is 2. The van der Waals surface area contributed by atoms with E-state index in [0.29, 0.717) is 12.1 Å². The molecule has 1 aromatic heterocycles. The molecule has 1 heterocycles. The molecule has 0 spiro atoms. The lowest BCUT2D eigenvalue weighted by Crippen LogP contribution is -2.17. The second kappa shape index (κ2) is 7.68. The minimum atomic E-state index is -0.835. The van der Waals surface area contributed by atoms with Crippen molar-refractivity contribution < 1.29 is 8.78 Å². The van der Waals surface area contributed by atoms with Gasteiger partial charge >= 0.3 is 0 Å². The van der Waals surface area contributed by atoms with Crippen LogP contribution in [0, 0.1) is 11.6 Å². The third kappa shape index (κ3) is 3.73. The second-order valence-electron chi connectivity index (χ2n) is 6.45. The van der Waals surface area contributed by atoms with Gasteiger partial charge in [0.05, 0.1) is 6.33 Å². The second-order valence-corrected chi connectivity index (χ2v) is 6.45. The van der Waals surface area contributed by atoms with Crippen molar-refractivity contribution in [3.8, 4) is 11.1 Å². The predicted octanol–water partition coefficient (Wildman–Crippen LogP) is 4.84. The van der Waals surface area contributed by atoms with E-state index >= 15 is 0 Å². The summed E-state index contributed by atoms with van der Waals surface area (Å²) < 4.78 is 27.3. The number of aromatic nitrogens is 2. The highest BCUT2D eigenvalue weighted by molar-refractivity contribution is 5.98. The quantitative estimate of drug-likeness (QED) is 0.481. The lowest BCUT2D eigenvalue weighted by Gasteiger charge is -2.15. The lowest BCUT2D eigenvalue weighted by atomic mass is 9.93. The van der Waals surface area contributed by atoms with Crippen molar-refractivity contribution >= 4 is 10.8 Å². The summed E-state index contributed by atoms with van der Waals surface area (Å²) in [6, 6.07) is 16.2. The van der Waals surface area contributed by atoms with Crippen LogP contribution in [0.25, 0.3) is 21.9 Å². The highest BCUT2D eigenvalue weighted by atomic mass is 19.2. The summed E-state index contributed by atoms with van der Waals surface area (Å²) in [4.78, 5) is 7.09. The topological polar surface area (TPSA) is 40.7 Å². The Bertz CT molecular complexity index is 1060. The number of hydrogen-bond donors (Lipinski definition) is 2. The van der Waals surface area contributed by atoms with Gasteiger partial charge in [0.1, 0.15) is 0 Å². The molecule has 0 aliphatic rings. The van der Waals surface area contributed by atoms with E-state index in [1.165, 1.54) is 12.1 Å². The minimum absolute atomic E-state index is 0.632. The molecule has 0 atom stereocenters. The fourth-order valence-corrected chi connectivity index (χ4v) is 3.32. The van der Waals surface area contributed by atoms with E-state index in [-0.39, 0.29) is 0 Å². The van der Waals surface area contributed by atoms with Gasteiger partial charge in [0.15, 0.2) is 11.6 Å². The van der Waals surface area contributed by atoms with Gasteiger partial charge in [-0.1, -0.05) is 42.5 Å². The molecule has 0 saturated carbocycles. The molecule has 4 aromatic rings. The van der Waals surface area contributed by atoms with E-state index in [1.54, 1.807) is 12.4 Å². The summed E-state index contributed by atoms with van der Waals surface area (Å²) in [7, 11) is 0. The molecular formula is C22H19F2N3. The van der Waals surface area contributed by atoms with Gasteiger partial charge in [-0.15, -0.1) is 0 Å². The SMILES string of the molecule is Fc1ccc(-c2c(CNCCc3cnc[nH]3)ccc3ccccc23)cc1F. The minimum Gasteiger partial charge on any atom is -0.348 e. The number of rotatable bonds is 6. The smallest absolute Gasteiger partial charge is 0.159 e. The standard InChI is InChI=1S/C22H19F2N3/c23-20-8-7-16(11-21(20)24)22-17(6-5-15-3-1-2-4-19(15)22)12-25-10-9-18-13-26-14-27-18/h1-8,11,13-14,25H,9-10,12H2,(H,26,27). The molecule has 0 radical (unpaired) electrons. The van der Waals surface area contributed by atoms with Crippen LogP contribution in [-0.4, -0.2) is 16.5 Å². The Labute approximate surface area is 156 Å². The Morgan fingerprint density at radius 1 is 0.963 bits per heavy atom. The fraction of sp³-hybridized carbons (Fsp3) is 0.136. The molecule has 0 amide bonds. The summed E-state index contributed by atoms with van der Waals surface area (Å²) >= 11 is 0. The number of aromatic amines is 1. The summed E-state index contributed by atoms with van der Waals surface area (Å²) in [5, 5.41) is 5.52. The number of nitrogens with one attached hydrogen (secondary N) is 2. The van der Waals surface area contributed by atoms with Crippen LogP contribution in [-0.2, 0) is 13.0 Å². The van der Waals surface area contributed by atoms with E-state index in [2.05, 4.69) is 21.4 Å². The van der Waals surface area contributed by atoms with Crippen molar-refractivity contribution in [2.24, 2.45) is 0 Å². The van der Waals surface area contributed by atoms with Gasteiger partial charge in [-0.2, -0.15) is 0 Å². The van der Waals surface area contributed by atoms with Crippen molar-refractivity contribution in [3.05, 3.63) is 90.0 Å². The summed E-state index contributed by atoms with van der Waals surface area (Å²) in [6.07, 6.45) is 4.32. The number of imidazole rings is 1. The normalized spacial score (nSPS) is 11.2. The molecule has 0 aliphatic heterocycles. The lowest BCUT2D eigenvalue weighted by molar-refractivity contribution is 0.509. The maximum atomic E-state index is 13.9. The Balaban J connectivity index is 1.66. The van der Waals surface area contributed by atoms with Crippen LogP contribution in [0.4, 0.5) is 8.78 Å². The van der Waals surface area contributed by atoms with Crippen molar-refractivity contribution in [2.45, 2.75) is 13.0 Å². The van der Waals surface area contributed by atoms with Gasteiger partial charge < -0.3 is 10.3 Å². The third-order valence-corrected chi connectivity index (χ3v) is 4.67. The Morgan fingerprint density at radius 2 is 1.85 bits per heavy atom. The molecule has 27 heavy (non-hydrogen) atoms. The Hall–Kier alpha value is -3.05. The Morgan fingerprint density at radius 3 is 2.67 bits per heavy atom. The number of H-pyrrole nitrogens is 1. The molecule has 0 aliphatic carbocycles. The van der Waals surface area contributed by atoms with Crippen molar-refractivity contribution in [3.63, 3.8) is 0 Å². The average Bonchev–Trinajstić information content (AvgIpc) is 3.21. The third-order valence-electron chi connectivity index (χ3n) is 4.67. The van der Waals surface area contributed by atoms with E-state index in [4.69, 9.17) is 0 Å². The van der Waals surface area contributed by atoms with Gasteiger partial charge in [-0.05, 0) is 39.6 Å². The average molecular weight is 363 g/mol. The van der Waals surface area contributed by atoms with E-state index < -0.39 is 11.6 Å². The maximum absolute atomic E-state index is 13.9. The number of hydrogen-bond acceptors (Lipinski definition) is 2. The van der Waals surface area contributed by atoms with Crippen LogP contribution in [0.3, 0.4) is 0 Å². The molecule has 2 N–H and O–H groups in total. The molecule has 3 aromatic carbocycles. The Kier molecular flexibility index (Phi) is 4.94. The highest BCUT2D eigenvalue weighted by Gasteiger charge is 2.12. The van der Waals surface area contributed by atoms with Gasteiger partial charge in [-0.25, -0.2) is 13.8 Å². The first kappa shape index (κ1) is 17.4. The number of nitrogens with zero attached hydrogens (tertiary/aromatic N) is 1. The van der Waals surface area contributed by atoms with Crippen LogP contribution >= 0.6 is 0 Å². The first-order valence-corrected chi connectivity index (χ1v) is 8.86. The molecule has 0 saturated heterocycles.